The number of ketones is 1. The number of rotatable bonds is 32. The van der Waals surface area contributed by atoms with E-state index < -0.39 is 70.6 Å². The van der Waals surface area contributed by atoms with Gasteiger partial charge >= 0.3 is 19.8 Å². The fraction of sp³-hybridized carbons (Fsp3) is 0.821. The van der Waals surface area contributed by atoms with Crippen molar-refractivity contribution in [3.8, 4) is 0 Å². The van der Waals surface area contributed by atoms with Gasteiger partial charge in [-0.3, -0.25) is 23.4 Å². The van der Waals surface area contributed by atoms with Crippen molar-refractivity contribution < 1.29 is 62.8 Å². The quantitative estimate of drug-likeness (QED) is 0.0221. The zero-order chi connectivity index (χ0) is 39.5. The summed E-state index contributed by atoms with van der Waals surface area (Å²) in [5.41, 5.74) is 0. The Labute approximate surface area is 317 Å². The summed E-state index contributed by atoms with van der Waals surface area (Å²) in [5.74, 6) is -1.17. The number of ether oxygens (including phenoxy) is 2. The standard InChI is InChI=1S/C39H69O13P/c1-4-5-13-19-31(41)23-24-35-34(36(43)25-37(35)44)20-15-11-12-16-21-38(45)49-28-33(29-51-53(47,48)50-27-32(42)26-40)52-39(46)22-17-10-8-6-7-9-14-18-30(2)3/h11,15,23-24,30-35,37,40-42,44H,4-10,12-14,16-22,25-29H2,1-3H3,(H,47,48)/b15-11-,24-23+/t31-,32-,33+,34+,35+,37+/m0/s1. The largest absolute Gasteiger partial charge is 0.472 e. The fourth-order valence-corrected chi connectivity index (χ4v) is 6.77. The van der Waals surface area contributed by atoms with Crippen molar-refractivity contribution >= 4 is 25.5 Å². The third-order valence-corrected chi connectivity index (χ3v) is 10.1. The number of phosphoric acid groups is 1. The average molecular weight is 777 g/mol. The van der Waals surface area contributed by atoms with Crippen molar-refractivity contribution in [2.24, 2.45) is 17.8 Å². The molecule has 7 atom stereocenters. The van der Waals surface area contributed by atoms with E-state index >= 15 is 0 Å². The van der Waals surface area contributed by atoms with E-state index in [4.69, 9.17) is 19.1 Å². The Morgan fingerprint density at radius 3 is 2.19 bits per heavy atom. The molecule has 308 valence electrons. The molecule has 0 heterocycles. The normalized spacial score (nSPS) is 20.6. The van der Waals surface area contributed by atoms with Gasteiger partial charge in [0.05, 0.1) is 32.0 Å². The molecule has 1 fully saturated rings. The number of allylic oxidation sites excluding steroid dienone is 2. The maximum atomic E-state index is 12.6. The smallest absolute Gasteiger partial charge is 0.462 e. The van der Waals surface area contributed by atoms with Gasteiger partial charge in [0.15, 0.2) is 6.10 Å². The highest BCUT2D eigenvalue weighted by atomic mass is 31.2. The SMILES string of the molecule is CCCCC[C@H](O)/C=C/[C@H]1[C@H](O)CC(=O)[C@@H]1C/C=C\CCCC(=O)OC[C@H](COP(=O)(O)OC[C@@H](O)CO)OC(=O)CCCCCCCCCC(C)C. The molecule has 1 unspecified atom stereocenters. The predicted octanol–water partition coefficient (Wildman–Crippen LogP) is 6.28. The second-order valence-corrected chi connectivity index (χ2v) is 16.0. The van der Waals surface area contributed by atoms with Crippen molar-refractivity contribution in [1.82, 2.24) is 0 Å². The van der Waals surface area contributed by atoms with Gasteiger partial charge in [-0.1, -0.05) is 109 Å². The summed E-state index contributed by atoms with van der Waals surface area (Å²) in [7, 11) is -4.67. The Hall–Kier alpha value is -1.96. The number of aliphatic hydroxyl groups is 4. The van der Waals surface area contributed by atoms with Crippen LogP contribution in [-0.4, -0.2) is 93.9 Å². The molecule has 1 saturated carbocycles. The number of unbranched alkanes of at least 4 members (excludes halogenated alkanes) is 9. The van der Waals surface area contributed by atoms with Crippen LogP contribution in [0.2, 0.25) is 0 Å². The monoisotopic (exact) mass is 776 g/mol. The van der Waals surface area contributed by atoms with E-state index in [1.54, 1.807) is 12.2 Å². The lowest BCUT2D eigenvalue weighted by atomic mass is 9.90. The molecule has 0 aromatic rings. The first-order valence-electron chi connectivity index (χ1n) is 19.8. The number of Topliss-reactive ketones (excluding diaryl/α,β-unsaturated/α-hetero) is 1. The minimum Gasteiger partial charge on any atom is -0.462 e. The minimum atomic E-state index is -4.67. The molecule has 14 heteroatoms. The summed E-state index contributed by atoms with van der Waals surface area (Å²) in [5, 5.41) is 38.9. The van der Waals surface area contributed by atoms with Crippen molar-refractivity contribution in [3.63, 3.8) is 0 Å². The van der Waals surface area contributed by atoms with Crippen molar-refractivity contribution in [3.05, 3.63) is 24.3 Å². The van der Waals surface area contributed by atoms with Gasteiger partial charge in [-0.2, -0.15) is 0 Å². The van der Waals surface area contributed by atoms with Crippen molar-refractivity contribution in [2.45, 2.75) is 161 Å². The van der Waals surface area contributed by atoms with E-state index in [2.05, 4.69) is 25.3 Å². The van der Waals surface area contributed by atoms with E-state index in [-0.39, 0.29) is 36.9 Å². The van der Waals surface area contributed by atoms with E-state index in [9.17, 15) is 39.2 Å². The topological polar surface area (TPSA) is 206 Å². The third-order valence-electron chi connectivity index (χ3n) is 9.16. The van der Waals surface area contributed by atoms with E-state index in [0.717, 1.165) is 44.9 Å². The minimum absolute atomic E-state index is 0.0187. The maximum Gasteiger partial charge on any atom is 0.472 e. The number of phosphoric ester groups is 1. The molecule has 0 saturated heterocycles. The molecule has 0 radical (unpaired) electrons. The van der Waals surface area contributed by atoms with Gasteiger partial charge in [-0.05, 0) is 38.0 Å². The molecule has 0 aromatic heterocycles. The Balaban J connectivity index is 2.53. The lowest BCUT2D eigenvalue weighted by Gasteiger charge is -2.20. The number of carbonyl (C=O) groups is 3. The molecular formula is C39H69O13P. The second kappa shape index (κ2) is 29.3. The van der Waals surface area contributed by atoms with Crippen LogP contribution >= 0.6 is 7.82 Å². The van der Waals surface area contributed by atoms with Gasteiger partial charge in [0.1, 0.15) is 18.5 Å². The average Bonchev–Trinajstić information content (AvgIpc) is 3.38. The van der Waals surface area contributed by atoms with Crippen LogP contribution in [-0.2, 0) is 37.5 Å². The molecule has 0 aromatic carbocycles. The van der Waals surface area contributed by atoms with Crippen LogP contribution in [0.1, 0.15) is 136 Å². The summed E-state index contributed by atoms with van der Waals surface area (Å²) < 4.78 is 32.5. The summed E-state index contributed by atoms with van der Waals surface area (Å²) in [6.45, 7) is 4.17. The lowest BCUT2D eigenvalue weighted by molar-refractivity contribution is -0.161. The second-order valence-electron chi connectivity index (χ2n) is 14.6. The molecule has 1 rings (SSSR count). The van der Waals surface area contributed by atoms with Crippen molar-refractivity contribution in [2.75, 3.05) is 26.4 Å². The highest BCUT2D eigenvalue weighted by Crippen LogP contribution is 2.43. The molecule has 0 spiro atoms. The summed E-state index contributed by atoms with van der Waals surface area (Å²) in [6, 6.07) is 0. The molecule has 1 aliphatic rings. The Morgan fingerprint density at radius 1 is 0.868 bits per heavy atom. The maximum absolute atomic E-state index is 12.6. The van der Waals surface area contributed by atoms with Gasteiger partial charge in [0.25, 0.3) is 0 Å². The Bertz CT molecular complexity index is 1110. The first-order valence-corrected chi connectivity index (χ1v) is 21.2. The van der Waals surface area contributed by atoms with E-state index in [1.807, 2.05) is 12.2 Å². The van der Waals surface area contributed by atoms with Crippen LogP contribution in [0.15, 0.2) is 24.3 Å². The number of hydrogen-bond acceptors (Lipinski definition) is 12. The molecular weight excluding hydrogens is 707 g/mol. The van der Waals surface area contributed by atoms with Crippen LogP contribution in [0.3, 0.4) is 0 Å². The first kappa shape index (κ1) is 49.1. The summed E-state index contributed by atoms with van der Waals surface area (Å²) >= 11 is 0. The van der Waals surface area contributed by atoms with E-state index in [1.165, 1.54) is 19.3 Å². The van der Waals surface area contributed by atoms with Crippen LogP contribution in [0.25, 0.3) is 0 Å². The first-order chi connectivity index (χ1) is 25.3. The van der Waals surface area contributed by atoms with Crippen LogP contribution in [0.5, 0.6) is 0 Å². The number of aliphatic hydroxyl groups excluding tert-OH is 4. The molecule has 0 bridgehead atoms. The highest BCUT2D eigenvalue weighted by Gasteiger charge is 2.39. The summed E-state index contributed by atoms with van der Waals surface area (Å²) in [4.78, 5) is 47.5. The zero-order valence-corrected chi connectivity index (χ0v) is 33.3. The molecule has 1 aliphatic carbocycles. The van der Waals surface area contributed by atoms with Crippen LogP contribution in [0, 0.1) is 17.8 Å². The number of carbonyl (C=O) groups excluding carboxylic acids is 3. The van der Waals surface area contributed by atoms with Crippen LogP contribution < -0.4 is 0 Å². The van der Waals surface area contributed by atoms with Crippen molar-refractivity contribution in [1.29, 1.82) is 0 Å². The highest BCUT2D eigenvalue weighted by molar-refractivity contribution is 7.47. The van der Waals surface area contributed by atoms with Gasteiger partial charge in [0.2, 0.25) is 0 Å². The zero-order valence-electron chi connectivity index (χ0n) is 32.4. The number of esters is 2. The fourth-order valence-electron chi connectivity index (χ4n) is 5.98. The van der Waals surface area contributed by atoms with E-state index in [0.29, 0.717) is 38.0 Å². The molecule has 0 aliphatic heterocycles. The van der Waals surface area contributed by atoms with Gasteiger partial charge in [0, 0.05) is 31.1 Å². The van der Waals surface area contributed by atoms with Gasteiger partial charge in [-0.25, -0.2) is 4.57 Å². The molecule has 0 amide bonds. The summed E-state index contributed by atoms with van der Waals surface area (Å²) in [6.07, 6.45) is 16.9. The Kier molecular flexibility index (Phi) is 27.2. The Morgan fingerprint density at radius 2 is 1.51 bits per heavy atom. The molecule has 5 N–H and O–H groups in total. The lowest BCUT2D eigenvalue weighted by Crippen LogP contribution is -2.29. The predicted molar refractivity (Wildman–Crippen MR) is 202 cm³/mol. The van der Waals surface area contributed by atoms with Gasteiger partial charge in [-0.15, -0.1) is 0 Å². The van der Waals surface area contributed by atoms with Gasteiger partial charge < -0.3 is 34.8 Å². The number of hydrogen-bond donors (Lipinski definition) is 5. The third kappa shape index (κ3) is 24.9. The van der Waals surface area contributed by atoms with Crippen LogP contribution in [0.4, 0.5) is 0 Å². The molecule has 13 nitrogen and oxygen atoms in total. The molecule has 53 heavy (non-hydrogen) atoms.